The van der Waals surface area contributed by atoms with Crippen LogP contribution in [0.2, 0.25) is 0 Å². The summed E-state index contributed by atoms with van der Waals surface area (Å²) in [6.07, 6.45) is 5.44. The molecule has 2 aromatic carbocycles. The molecule has 2 atom stereocenters. The van der Waals surface area contributed by atoms with E-state index in [0.29, 0.717) is 24.2 Å². The van der Waals surface area contributed by atoms with Gasteiger partial charge in [-0.2, -0.15) is 0 Å². The maximum atomic E-state index is 5.83. The molecule has 182 valence electrons. The third-order valence-electron chi connectivity index (χ3n) is 8.98. The van der Waals surface area contributed by atoms with Crippen LogP contribution in [0.25, 0.3) is 0 Å². The molecule has 5 nitrogen and oxygen atoms in total. The first-order valence-corrected chi connectivity index (χ1v) is 13.3. The lowest BCUT2D eigenvalue weighted by molar-refractivity contribution is -0.0906. The van der Waals surface area contributed by atoms with Gasteiger partial charge < -0.3 is 14.8 Å². The van der Waals surface area contributed by atoms with Crippen molar-refractivity contribution in [3.8, 4) is 11.5 Å². The number of benzene rings is 2. The standard InChI is InChI=1S/C29H39N3O2/c1-21(2)23-7-3-4-8-24(23)25-19-31(18-22-6-5-9-26-28(22)34-20-33-26)16-17-32(25)27-10-11-29(27)12-14-30-15-13-29/h3-9,21,25,27,30H,10-20H2,1-2H3. The van der Waals surface area contributed by atoms with Gasteiger partial charge in [0.1, 0.15) is 0 Å². The number of piperazine rings is 1. The minimum atomic E-state index is 0.336. The van der Waals surface area contributed by atoms with Crippen molar-refractivity contribution in [3.05, 3.63) is 59.2 Å². The number of ether oxygens (including phenoxy) is 2. The SMILES string of the molecule is CC(C)c1ccccc1C1CN(Cc2cccc3c2OCO3)CCN1C1CCC12CCNCC2. The van der Waals surface area contributed by atoms with Crippen LogP contribution in [0.1, 0.15) is 68.2 Å². The molecule has 1 saturated carbocycles. The number of hydrogen-bond acceptors (Lipinski definition) is 5. The van der Waals surface area contributed by atoms with Gasteiger partial charge in [-0.3, -0.25) is 9.80 Å². The Morgan fingerprint density at radius 1 is 1.00 bits per heavy atom. The first kappa shape index (κ1) is 22.4. The zero-order valence-corrected chi connectivity index (χ0v) is 20.8. The number of rotatable bonds is 5. The van der Waals surface area contributed by atoms with Crippen molar-refractivity contribution in [2.75, 3.05) is 39.5 Å². The Bertz CT molecular complexity index is 1020. The topological polar surface area (TPSA) is 37.0 Å². The van der Waals surface area contributed by atoms with E-state index in [1.165, 1.54) is 55.5 Å². The lowest BCUT2D eigenvalue weighted by Crippen LogP contribution is -2.63. The number of piperidine rings is 1. The molecule has 0 amide bonds. The molecule has 0 bridgehead atoms. The van der Waals surface area contributed by atoms with Gasteiger partial charge in [-0.15, -0.1) is 0 Å². The average Bonchev–Trinajstić information content (AvgIpc) is 3.35. The molecule has 4 aliphatic rings. The first-order valence-electron chi connectivity index (χ1n) is 13.3. The van der Waals surface area contributed by atoms with E-state index in [2.05, 4.69) is 65.4 Å². The Labute approximate surface area is 204 Å². The molecule has 0 aromatic heterocycles. The van der Waals surface area contributed by atoms with Gasteiger partial charge in [0.25, 0.3) is 0 Å². The normalized spacial score (nSPS) is 26.7. The van der Waals surface area contributed by atoms with Gasteiger partial charge >= 0.3 is 0 Å². The van der Waals surface area contributed by atoms with Gasteiger partial charge in [-0.05, 0) is 67.3 Å². The van der Waals surface area contributed by atoms with Crippen LogP contribution >= 0.6 is 0 Å². The molecule has 2 unspecified atom stereocenters. The third-order valence-corrected chi connectivity index (χ3v) is 8.98. The third kappa shape index (κ3) is 3.92. The maximum Gasteiger partial charge on any atom is 0.231 e. The summed E-state index contributed by atoms with van der Waals surface area (Å²) in [5.74, 6) is 2.36. The van der Waals surface area contributed by atoms with Crippen LogP contribution in [0.15, 0.2) is 42.5 Å². The zero-order valence-electron chi connectivity index (χ0n) is 20.8. The zero-order chi connectivity index (χ0) is 23.1. The average molecular weight is 462 g/mol. The highest BCUT2D eigenvalue weighted by molar-refractivity contribution is 5.48. The van der Waals surface area contributed by atoms with Crippen molar-refractivity contribution in [1.29, 1.82) is 0 Å². The van der Waals surface area contributed by atoms with Crippen molar-refractivity contribution in [2.24, 2.45) is 5.41 Å². The highest BCUT2D eigenvalue weighted by Crippen LogP contribution is 2.53. The molecule has 1 N–H and O–H groups in total. The quantitative estimate of drug-likeness (QED) is 0.683. The van der Waals surface area contributed by atoms with E-state index in [9.17, 15) is 0 Å². The molecule has 3 fully saturated rings. The molecular weight excluding hydrogens is 422 g/mol. The predicted octanol–water partition coefficient (Wildman–Crippen LogP) is 4.93. The maximum absolute atomic E-state index is 5.83. The summed E-state index contributed by atoms with van der Waals surface area (Å²) >= 11 is 0. The van der Waals surface area contributed by atoms with Gasteiger partial charge in [0.05, 0.1) is 0 Å². The summed E-state index contributed by atoms with van der Waals surface area (Å²) in [6, 6.07) is 16.7. The highest BCUT2D eigenvalue weighted by Gasteiger charge is 2.51. The molecule has 0 radical (unpaired) electrons. The molecular formula is C29H39N3O2. The summed E-state index contributed by atoms with van der Waals surface area (Å²) in [5, 5.41) is 3.60. The Morgan fingerprint density at radius 3 is 2.65 bits per heavy atom. The number of para-hydroxylation sites is 1. The van der Waals surface area contributed by atoms with Crippen LogP contribution in [-0.2, 0) is 6.54 Å². The summed E-state index contributed by atoms with van der Waals surface area (Å²) in [6.45, 7) is 11.6. The largest absolute Gasteiger partial charge is 0.454 e. The van der Waals surface area contributed by atoms with Crippen molar-refractivity contribution < 1.29 is 9.47 Å². The Morgan fingerprint density at radius 2 is 1.85 bits per heavy atom. The van der Waals surface area contributed by atoms with Gasteiger partial charge in [-0.25, -0.2) is 0 Å². The number of fused-ring (bicyclic) bond motifs is 1. The number of nitrogens with zero attached hydrogens (tertiary/aromatic N) is 2. The molecule has 1 aliphatic carbocycles. The van der Waals surface area contributed by atoms with E-state index < -0.39 is 0 Å². The molecule has 3 heterocycles. The lowest BCUT2D eigenvalue weighted by atomic mass is 9.58. The van der Waals surface area contributed by atoms with Gasteiger partial charge in [-0.1, -0.05) is 50.2 Å². The second kappa shape index (κ2) is 9.18. The second-order valence-electron chi connectivity index (χ2n) is 11.1. The van der Waals surface area contributed by atoms with Crippen LogP contribution in [0.3, 0.4) is 0 Å². The van der Waals surface area contributed by atoms with E-state index in [4.69, 9.17) is 9.47 Å². The van der Waals surface area contributed by atoms with Crippen LogP contribution in [-0.4, -0.2) is 55.4 Å². The fraction of sp³-hybridized carbons (Fsp3) is 0.586. The second-order valence-corrected chi connectivity index (χ2v) is 11.1. The smallest absolute Gasteiger partial charge is 0.231 e. The number of hydrogen-bond donors (Lipinski definition) is 1. The van der Waals surface area contributed by atoms with Crippen LogP contribution < -0.4 is 14.8 Å². The van der Waals surface area contributed by atoms with Crippen molar-refractivity contribution in [2.45, 2.75) is 64.1 Å². The fourth-order valence-electron chi connectivity index (χ4n) is 7.05. The summed E-state index contributed by atoms with van der Waals surface area (Å²) in [5.41, 5.74) is 4.83. The van der Waals surface area contributed by atoms with Crippen molar-refractivity contribution in [1.82, 2.24) is 15.1 Å². The molecule has 5 heteroatoms. The number of nitrogens with one attached hydrogen (secondary N) is 1. The molecule has 2 aromatic rings. The molecule has 1 spiro atoms. The highest BCUT2D eigenvalue weighted by atomic mass is 16.7. The summed E-state index contributed by atoms with van der Waals surface area (Å²) in [7, 11) is 0. The minimum absolute atomic E-state index is 0.336. The molecule has 34 heavy (non-hydrogen) atoms. The molecule has 2 saturated heterocycles. The molecule has 6 rings (SSSR count). The predicted molar refractivity (Wildman–Crippen MR) is 135 cm³/mol. The monoisotopic (exact) mass is 461 g/mol. The van der Waals surface area contributed by atoms with Gasteiger partial charge in [0.15, 0.2) is 11.5 Å². The van der Waals surface area contributed by atoms with E-state index >= 15 is 0 Å². The van der Waals surface area contributed by atoms with Crippen LogP contribution in [0.5, 0.6) is 11.5 Å². The van der Waals surface area contributed by atoms with E-state index in [1.54, 1.807) is 0 Å². The molecule has 3 aliphatic heterocycles. The van der Waals surface area contributed by atoms with Gasteiger partial charge in [0.2, 0.25) is 6.79 Å². The van der Waals surface area contributed by atoms with Crippen molar-refractivity contribution in [3.63, 3.8) is 0 Å². The van der Waals surface area contributed by atoms with E-state index in [1.807, 2.05) is 6.07 Å². The first-order chi connectivity index (χ1) is 16.6. The summed E-state index contributed by atoms with van der Waals surface area (Å²) in [4.78, 5) is 5.56. The Balaban J connectivity index is 1.30. The van der Waals surface area contributed by atoms with E-state index in [0.717, 1.165) is 43.7 Å². The Hall–Kier alpha value is -2.08. The Kier molecular flexibility index (Phi) is 6.04. The summed E-state index contributed by atoms with van der Waals surface area (Å²) < 4.78 is 11.5. The van der Waals surface area contributed by atoms with Crippen molar-refractivity contribution >= 4 is 0 Å². The fourth-order valence-corrected chi connectivity index (χ4v) is 7.05. The van der Waals surface area contributed by atoms with Crippen LogP contribution in [0.4, 0.5) is 0 Å². The lowest BCUT2D eigenvalue weighted by Gasteiger charge is -2.60. The van der Waals surface area contributed by atoms with E-state index in [-0.39, 0.29) is 0 Å². The van der Waals surface area contributed by atoms with Gasteiger partial charge in [0, 0.05) is 43.8 Å². The van der Waals surface area contributed by atoms with Crippen LogP contribution in [0, 0.1) is 5.41 Å². The minimum Gasteiger partial charge on any atom is -0.454 e.